The molecule has 0 saturated heterocycles. The van der Waals surface area contributed by atoms with Gasteiger partial charge in [-0.3, -0.25) is 4.79 Å². The van der Waals surface area contributed by atoms with Gasteiger partial charge in [0.15, 0.2) is 5.82 Å². The lowest BCUT2D eigenvalue weighted by atomic mass is 10.1. The van der Waals surface area contributed by atoms with Gasteiger partial charge >= 0.3 is 5.97 Å². The topological polar surface area (TPSA) is 61.3 Å². The van der Waals surface area contributed by atoms with Gasteiger partial charge in [0, 0.05) is 29.9 Å². The first-order valence-electron chi connectivity index (χ1n) is 12.7. The lowest BCUT2D eigenvalue weighted by Crippen LogP contribution is -2.23. The largest absolute Gasteiger partial charge is 0.494 e. The van der Waals surface area contributed by atoms with Gasteiger partial charge in [-0.1, -0.05) is 69.0 Å². The van der Waals surface area contributed by atoms with Gasteiger partial charge in [0.25, 0.3) is 0 Å². The van der Waals surface area contributed by atoms with Crippen molar-refractivity contribution in [2.24, 2.45) is 0 Å². The van der Waals surface area contributed by atoms with Crippen molar-refractivity contribution in [3.8, 4) is 28.3 Å². The van der Waals surface area contributed by atoms with Crippen molar-refractivity contribution >= 4 is 5.97 Å². The molecule has 3 aromatic rings. The van der Waals surface area contributed by atoms with Crippen LogP contribution in [0.15, 0.2) is 60.9 Å². The van der Waals surface area contributed by atoms with Crippen molar-refractivity contribution in [1.82, 2.24) is 9.97 Å². The zero-order chi connectivity index (χ0) is 25.1. The predicted molar refractivity (Wildman–Crippen MR) is 141 cm³/mol. The van der Waals surface area contributed by atoms with Crippen LogP contribution in [0.2, 0.25) is 0 Å². The Kier molecular flexibility index (Phi) is 9.83. The van der Waals surface area contributed by atoms with Crippen LogP contribution in [-0.2, 0) is 16.0 Å². The Morgan fingerprint density at radius 1 is 0.800 bits per heavy atom. The molecule has 0 radical (unpaired) electrons. The summed E-state index contributed by atoms with van der Waals surface area (Å²) in [5, 5.41) is 0. The van der Waals surface area contributed by atoms with Crippen LogP contribution in [-0.4, -0.2) is 28.1 Å². The minimum absolute atomic E-state index is 0.178. The Labute approximate surface area is 209 Å². The molecule has 35 heavy (non-hydrogen) atoms. The zero-order valence-electron chi connectivity index (χ0n) is 21.5. The summed E-state index contributed by atoms with van der Waals surface area (Å²) in [7, 11) is 0. The van der Waals surface area contributed by atoms with Crippen LogP contribution in [0.3, 0.4) is 0 Å². The molecule has 3 rings (SSSR count). The summed E-state index contributed by atoms with van der Waals surface area (Å²) >= 11 is 0. The number of aryl methyl sites for hydroxylation is 1. The van der Waals surface area contributed by atoms with E-state index in [1.54, 1.807) is 0 Å². The molecule has 0 fully saturated rings. The molecule has 0 aliphatic carbocycles. The Bertz CT molecular complexity index is 1040. The summed E-state index contributed by atoms with van der Waals surface area (Å²) in [5.41, 5.74) is 3.60. The molecule has 0 spiro atoms. The van der Waals surface area contributed by atoms with Gasteiger partial charge in [0.2, 0.25) is 0 Å². The summed E-state index contributed by atoms with van der Waals surface area (Å²) in [4.78, 5) is 21.1. The monoisotopic (exact) mass is 474 g/mol. The standard InChI is InChI=1S/C30H38N2O3/c1-5-6-7-8-9-20-34-27-17-15-24(16-18-27)26-21-31-29(32-22-26)25-13-10-23(11-14-25)12-19-28(33)35-30(2,3)4/h10-11,13-18,21-22H,5-9,12,19-20H2,1-4H3. The van der Waals surface area contributed by atoms with E-state index in [2.05, 4.69) is 16.9 Å². The van der Waals surface area contributed by atoms with Gasteiger partial charge in [-0.05, 0) is 56.9 Å². The van der Waals surface area contributed by atoms with Crippen LogP contribution in [0.5, 0.6) is 5.75 Å². The Morgan fingerprint density at radius 2 is 1.43 bits per heavy atom. The van der Waals surface area contributed by atoms with Gasteiger partial charge in [-0.2, -0.15) is 0 Å². The number of hydrogen-bond acceptors (Lipinski definition) is 5. The maximum Gasteiger partial charge on any atom is 0.306 e. The average Bonchev–Trinajstić information content (AvgIpc) is 2.85. The van der Waals surface area contributed by atoms with E-state index < -0.39 is 5.60 Å². The van der Waals surface area contributed by atoms with Crippen LogP contribution in [0.1, 0.15) is 71.8 Å². The van der Waals surface area contributed by atoms with Crippen molar-refractivity contribution in [2.45, 2.75) is 78.2 Å². The molecule has 0 aliphatic heterocycles. The van der Waals surface area contributed by atoms with Gasteiger partial charge in [-0.15, -0.1) is 0 Å². The third kappa shape index (κ3) is 9.16. The Morgan fingerprint density at radius 3 is 2.06 bits per heavy atom. The first-order valence-corrected chi connectivity index (χ1v) is 12.7. The number of hydrogen-bond donors (Lipinski definition) is 0. The second-order valence-electron chi connectivity index (χ2n) is 9.87. The Hall–Kier alpha value is -3.21. The smallest absolute Gasteiger partial charge is 0.306 e. The number of carbonyl (C=O) groups excluding carboxylic acids is 1. The van der Waals surface area contributed by atoms with Crippen molar-refractivity contribution in [1.29, 1.82) is 0 Å². The summed E-state index contributed by atoms with van der Waals surface area (Å²) in [5.74, 6) is 1.39. The van der Waals surface area contributed by atoms with E-state index in [0.29, 0.717) is 18.7 Å². The maximum absolute atomic E-state index is 11.9. The number of benzene rings is 2. The maximum atomic E-state index is 11.9. The molecule has 5 heteroatoms. The molecule has 5 nitrogen and oxygen atoms in total. The molecular weight excluding hydrogens is 436 g/mol. The van der Waals surface area contributed by atoms with E-state index in [9.17, 15) is 4.79 Å². The molecule has 0 saturated carbocycles. The third-order valence-corrected chi connectivity index (χ3v) is 5.61. The van der Waals surface area contributed by atoms with E-state index in [1.807, 2.05) is 81.7 Å². The van der Waals surface area contributed by atoms with E-state index in [4.69, 9.17) is 9.47 Å². The lowest BCUT2D eigenvalue weighted by Gasteiger charge is -2.19. The van der Waals surface area contributed by atoms with Crippen LogP contribution in [0.25, 0.3) is 22.5 Å². The number of rotatable bonds is 12. The fourth-order valence-corrected chi connectivity index (χ4v) is 3.72. The average molecular weight is 475 g/mol. The first kappa shape index (κ1) is 26.4. The fourth-order valence-electron chi connectivity index (χ4n) is 3.72. The lowest BCUT2D eigenvalue weighted by molar-refractivity contribution is -0.154. The summed E-state index contributed by atoms with van der Waals surface area (Å²) in [6.45, 7) is 8.63. The minimum Gasteiger partial charge on any atom is -0.494 e. The molecule has 0 unspecified atom stereocenters. The van der Waals surface area contributed by atoms with Crippen molar-refractivity contribution in [3.05, 3.63) is 66.5 Å². The van der Waals surface area contributed by atoms with Crippen molar-refractivity contribution in [2.75, 3.05) is 6.61 Å². The number of unbranched alkanes of at least 4 members (excludes halogenated alkanes) is 4. The second-order valence-corrected chi connectivity index (χ2v) is 9.87. The fraction of sp³-hybridized carbons (Fsp3) is 0.433. The molecule has 0 aliphatic rings. The van der Waals surface area contributed by atoms with E-state index >= 15 is 0 Å². The highest BCUT2D eigenvalue weighted by molar-refractivity contribution is 5.70. The molecular formula is C30H38N2O3. The minimum atomic E-state index is -0.451. The molecule has 0 atom stereocenters. The van der Waals surface area contributed by atoms with Gasteiger partial charge < -0.3 is 9.47 Å². The van der Waals surface area contributed by atoms with Crippen molar-refractivity contribution < 1.29 is 14.3 Å². The first-order chi connectivity index (χ1) is 16.8. The number of nitrogens with zero attached hydrogens (tertiary/aromatic N) is 2. The molecule has 2 aromatic carbocycles. The second kappa shape index (κ2) is 13.0. The van der Waals surface area contributed by atoms with Crippen LogP contribution < -0.4 is 4.74 Å². The van der Waals surface area contributed by atoms with E-state index in [0.717, 1.165) is 41.0 Å². The number of carbonyl (C=O) groups is 1. The van der Waals surface area contributed by atoms with Crippen LogP contribution in [0, 0.1) is 0 Å². The molecule has 0 amide bonds. The van der Waals surface area contributed by atoms with Crippen LogP contribution >= 0.6 is 0 Å². The highest BCUT2D eigenvalue weighted by Crippen LogP contribution is 2.23. The molecule has 0 N–H and O–H groups in total. The molecule has 186 valence electrons. The summed E-state index contributed by atoms with van der Waals surface area (Å²) in [6, 6.07) is 16.1. The molecule has 1 heterocycles. The van der Waals surface area contributed by atoms with Crippen molar-refractivity contribution in [3.63, 3.8) is 0 Å². The molecule has 0 bridgehead atoms. The summed E-state index contributed by atoms with van der Waals surface area (Å²) in [6.07, 6.45) is 10.9. The van der Waals surface area contributed by atoms with E-state index in [-0.39, 0.29) is 5.97 Å². The van der Waals surface area contributed by atoms with E-state index in [1.165, 1.54) is 25.7 Å². The number of esters is 1. The highest BCUT2D eigenvalue weighted by Gasteiger charge is 2.16. The number of ether oxygens (including phenoxy) is 2. The number of aromatic nitrogens is 2. The predicted octanol–water partition coefficient (Wildman–Crippen LogP) is 7.43. The quantitative estimate of drug-likeness (QED) is 0.202. The summed E-state index contributed by atoms with van der Waals surface area (Å²) < 4.78 is 11.2. The normalized spacial score (nSPS) is 11.3. The highest BCUT2D eigenvalue weighted by atomic mass is 16.6. The molecule has 1 aromatic heterocycles. The zero-order valence-corrected chi connectivity index (χ0v) is 21.5. The third-order valence-electron chi connectivity index (χ3n) is 5.61. The Balaban J connectivity index is 1.51. The van der Waals surface area contributed by atoms with Gasteiger partial charge in [0.05, 0.1) is 6.61 Å². The van der Waals surface area contributed by atoms with Gasteiger partial charge in [-0.25, -0.2) is 9.97 Å². The van der Waals surface area contributed by atoms with Gasteiger partial charge in [0.1, 0.15) is 11.4 Å². The van der Waals surface area contributed by atoms with Crippen LogP contribution in [0.4, 0.5) is 0 Å². The SMILES string of the molecule is CCCCCCCOc1ccc(-c2cnc(-c3ccc(CCC(=O)OC(C)(C)C)cc3)nc2)cc1.